The van der Waals surface area contributed by atoms with Gasteiger partial charge in [0, 0.05) is 24.3 Å². The minimum absolute atomic E-state index is 0.107. The Balaban J connectivity index is 1.46. The summed E-state index contributed by atoms with van der Waals surface area (Å²) in [4.78, 5) is 36.4. The van der Waals surface area contributed by atoms with Crippen molar-refractivity contribution in [3.05, 3.63) is 47.5 Å². The Kier molecular flexibility index (Phi) is 4.67. The number of hydrogen-bond acceptors (Lipinski definition) is 9. The van der Waals surface area contributed by atoms with Crippen LogP contribution in [0, 0.1) is 0 Å². The number of pyridine rings is 1. The molecule has 0 bridgehead atoms. The number of carbonyl (C=O) groups is 2. The smallest absolute Gasteiger partial charge is 0.326 e. The molecule has 0 aromatic carbocycles. The van der Waals surface area contributed by atoms with Gasteiger partial charge in [-0.15, -0.1) is 0 Å². The summed E-state index contributed by atoms with van der Waals surface area (Å²) in [5, 5.41) is 25.6. The minimum Gasteiger partial charge on any atom is -0.385 e. The first kappa shape index (κ1) is 18.9. The molecule has 1 unspecified atom stereocenters. The Morgan fingerprint density at radius 3 is 2.84 bits per heavy atom. The number of hydrogen-bond donors (Lipinski definition) is 5. The molecule has 1 saturated heterocycles. The van der Waals surface area contributed by atoms with Gasteiger partial charge >= 0.3 is 6.03 Å². The Morgan fingerprint density at radius 2 is 2.13 bits per heavy atom. The third-order valence-corrected chi connectivity index (χ3v) is 4.81. The van der Waals surface area contributed by atoms with Gasteiger partial charge in [0.2, 0.25) is 11.9 Å². The molecule has 3 aromatic rings. The van der Waals surface area contributed by atoms with Crippen LogP contribution >= 0.6 is 0 Å². The predicted octanol–water partition coefficient (Wildman–Crippen LogP) is 0.419. The van der Waals surface area contributed by atoms with Crippen molar-refractivity contribution in [1.82, 2.24) is 35.2 Å². The van der Waals surface area contributed by atoms with Gasteiger partial charge in [-0.3, -0.25) is 15.1 Å². The van der Waals surface area contributed by atoms with E-state index < -0.39 is 18.0 Å². The van der Waals surface area contributed by atoms with Crippen LogP contribution in [-0.4, -0.2) is 54.2 Å². The lowest BCUT2D eigenvalue weighted by atomic mass is 10.2. The maximum Gasteiger partial charge on any atom is 0.326 e. The fraction of sp³-hybridized carbons (Fsp3) is 0.263. The number of aliphatic hydroxyl groups excluding tert-OH is 1. The number of aliphatic hydroxyl groups is 1. The Hall–Kier alpha value is -4.06. The zero-order chi connectivity index (χ0) is 21.4. The summed E-state index contributed by atoms with van der Waals surface area (Å²) >= 11 is 0. The first-order chi connectivity index (χ1) is 15.1. The van der Waals surface area contributed by atoms with E-state index in [1.807, 2.05) is 0 Å². The van der Waals surface area contributed by atoms with Gasteiger partial charge in [0.05, 0.1) is 11.9 Å². The van der Waals surface area contributed by atoms with E-state index in [-0.39, 0.29) is 18.2 Å². The number of carbonyl (C=O) groups excluding carboxylic acids is 2. The summed E-state index contributed by atoms with van der Waals surface area (Å²) in [6.07, 6.45) is 5.89. The predicted molar refractivity (Wildman–Crippen MR) is 110 cm³/mol. The van der Waals surface area contributed by atoms with E-state index in [2.05, 4.69) is 41.3 Å². The highest BCUT2D eigenvalue weighted by Crippen LogP contribution is 2.26. The highest BCUT2D eigenvalue weighted by molar-refractivity contribution is 6.14. The molecule has 5 rings (SSSR count). The summed E-state index contributed by atoms with van der Waals surface area (Å²) in [6.45, 7) is 0.152. The van der Waals surface area contributed by atoms with Gasteiger partial charge in [0.1, 0.15) is 11.8 Å². The standard InChI is InChI=1S/C19H19N9O3/c29-14(12-3-1-2-6-20-12)9-21-17-25-15-10(7-13-16(30)26-19(31)24-13)8-22-28(15)18(27-17)23-11-4-5-11/h1-3,6-8,11,14,29H,4-5,9H2,(H2,21,23,25,27)(H2,24,26,30,31)/b13-7-. The molecule has 0 spiro atoms. The third-order valence-electron chi connectivity index (χ3n) is 4.81. The first-order valence-electron chi connectivity index (χ1n) is 9.76. The highest BCUT2D eigenvalue weighted by atomic mass is 16.3. The van der Waals surface area contributed by atoms with Gasteiger partial charge in [0.25, 0.3) is 5.91 Å². The molecule has 12 nitrogen and oxygen atoms in total. The van der Waals surface area contributed by atoms with Crippen LogP contribution in [0.3, 0.4) is 0 Å². The second kappa shape index (κ2) is 7.65. The molecule has 3 amide bonds. The van der Waals surface area contributed by atoms with Gasteiger partial charge in [-0.25, -0.2) is 4.79 Å². The van der Waals surface area contributed by atoms with Crippen molar-refractivity contribution in [1.29, 1.82) is 0 Å². The summed E-state index contributed by atoms with van der Waals surface area (Å²) in [6, 6.07) is 5.05. The second-order valence-corrected chi connectivity index (χ2v) is 7.24. The molecule has 0 radical (unpaired) electrons. The van der Waals surface area contributed by atoms with E-state index in [1.54, 1.807) is 35.1 Å². The van der Waals surface area contributed by atoms with Crippen LogP contribution in [0.15, 0.2) is 36.3 Å². The molecular formula is C19H19N9O3. The number of imide groups is 1. The SMILES string of the molecule is O=C1NC(=O)/C(=C/c2cnn3c(NC4CC4)nc(NCC(O)c4ccccn4)nc23)N1. The van der Waals surface area contributed by atoms with E-state index in [0.29, 0.717) is 28.9 Å². The molecule has 12 heteroatoms. The molecule has 4 heterocycles. The number of anilines is 2. The van der Waals surface area contributed by atoms with Crippen LogP contribution < -0.4 is 21.3 Å². The van der Waals surface area contributed by atoms with Crippen molar-refractivity contribution in [2.75, 3.05) is 17.2 Å². The lowest BCUT2D eigenvalue weighted by molar-refractivity contribution is -0.115. The fourth-order valence-electron chi connectivity index (χ4n) is 3.08. The average Bonchev–Trinajstić information content (AvgIpc) is 3.41. The van der Waals surface area contributed by atoms with Crippen molar-refractivity contribution < 1.29 is 14.7 Å². The number of fused-ring (bicyclic) bond motifs is 1. The lowest BCUT2D eigenvalue weighted by Gasteiger charge is -2.13. The van der Waals surface area contributed by atoms with Crippen LogP contribution in [0.5, 0.6) is 0 Å². The summed E-state index contributed by atoms with van der Waals surface area (Å²) in [5.74, 6) is 0.254. The Labute approximate surface area is 175 Å². The number of nitrogens with zero attached hydrogens (tertiary/aromatic N) is 5. The van der Waals surface area contributed by atoms with Crippen molar-refractivity contribution in [3.8, 4) is 0 Å². The number of amides is 3. The van der Waals surface area contributed by atoms with Gasteiger partial charge in [0.15, 0.2) is 5.65 Å². The summed E-state index contributed by atoms with van der Waals surface area (Å²) in [7, 11) is 0. The third kappa shape index (κ3) is 4.00. The Morgan fingerprint density at radius 1 is 1.26 bits per heavy atom. The zero-order valence-electron chi connectivity index (χ0n) is 16.2. The molecule has 1 aliphatic heterocycles. The lowest BCUT2D eigenvalue weighted by Crippen LogP contribution is -2.22. The molecule has 2 fully saturated rings. The van der Waals surface area contributed by atoms with E-state index >= 15 is 0 Å². The molecule has 3 aromatic heterocycles. The summed E-state index contributed by atoms with van der Waals surface area (Å²) in [5.41, 5.74) is 1.61. The van der Waals surface area contributed by atoms with E-state index in [4.69, 9.17) is 0 Å². The van der Waals surface area contributed by atoms with Crippen LogP contribution in [0.4, 0.5) is 16.7 Å². The van der Waals surface area contributed by atoms with Crippen LogP contribution in [0.25, 0.3) is 11.7 Å². The van der Waals surface area contributed by atoms with E-state index in [9.17, 15) is 14.7 Å². The fourth-order valence-corrected chi connectivity index (χ4v) is 3.08. The largest absolute Gasteiger partial charge is 0.385 e. The quantitative estimate of drug-likeness (QED) is 0.269. The highest BCUT2D eigenvalue weighted by Gasteiger charge is 2.26. The van der Waals surface area contributed by atoms with Crippen LogP contribution in [0.2, 0.25) is 0 Å². The first-order valence-corrected chi connectivity index (χ1v) is 9.76. The van der Waals surface area contributed by atoms with Crippen LogP contribution in [-0.2, 0) is 4.79 Å². The Bertz CT molecular complexity index is 1190. The monoisotopic (exact) mass is 421 g/mol. The number of aromatic nitrogens is 5. The molecular weight excluding hydrogens is 402 g/mol. The van der Waals surface area contributed by atoms with Crippen molar-refractivity contribution in [3.63, 3.8) is 0 Å². The molecule has 5 N–H and O–H groups in total. The maximum absolute atomic E-state index is 11.9. The molecule has 158 valence electrons. The topological polar surface area (TPSA) is 158 Å². The molecule has 1 aliphatic carbocycles. The van der Waals surface area contributed by atoms with Gasteiger partial charge in [-0.1, -0.05) is 6.07 Å². The van der Waals surface area contributed by atoms with Crippen molar-refractivity contribution >= 4 is 35.6 Å². The maximum atomic E-state index is 11.9. The van der Waals surface area contributed by atoms with E-state index in [1.165, 1.54) is 6.08 Å². The second-order valence-electron chi connectivity index (χ2n) is 7.24. The van der Waals surface area contributed by atoms with Crippen molar-refractivity contribution in [2.45, 2.75) is 25.0 Å². The minimum atomic E-state index is -0.843. The van der Waals surface area contributed by atoms with Gasteiger partial charge in [-0.05, 0) is 31.1 Å². The molecule has 1 saturated carbocycles. The zero-order valence-corrected chi connectivity index (χ0v) is 16.2. The van der Waals surface area contributed by atoms with Gasteiger partial charge in [-0.2, -0.15) is 19.6 Å². The average molecular weight is 421 g/mol. The normalized spacial score (nSPS) is 18.2. The van der Waals surface area contributed by atoms with Gasteiger partial charge < -0.3 is 21.1 Å². The molecule has 31 heavy (non-hydrogen) atoms. The van der Waals surface area contributed by atoms with Crippen molar-refractivity contribution in [2.24, 2.45) is 0 Å². The number of urea groups is 1. The van der Waals surface area contributed by atoms with E-state index in [0.717, 1.165) is 12.8 Å². The van der Waals surface area contributed by atoms with Crippen LogP contribution in [0.1, 0.15) is 30.2 Å². The molecule has 1 atom stereocenters. The number of nitrogens with one attached hydrogen (secondary N) is 4. The number of rotatable bonds is 7. The molecule has 2 aliphatic rings. The summed E-state index contributed by atoms with van der Waals surface area (Å²) < 4.78 is 1.54.